The van der Waals surface area contributed by atoms with E-state index in [1.807, 2.05) is 38.1 Å². The maximum Gasteiger partial charge on any atom is 0.257 e. The Labute approximate surface area is 188 Å². The van der Waals surface area contributed by atoms with Crippen molar-refractivity contribution in [3.05, 3.63) is 58.4 Å². The van der Waals surface area contributed by atoms with Crippen molar-refractivity contribution in [2.75, 3.05) is 30.9 Å². The van der Waals surface area contributed by atoms with Gasteiger partial charge in [-0.05, 0) is 24.3 Å². The number of hydrogen-bond acceptors (Lipinski definition) is 6. The van der Waals surface area contributed by atoms with E-state index in [1.165, 1.54) is 0 Å². The molecular formula is C24H31N3O3S. The number of carbonyl (C=O) groups is 1. The van der Waals surface area contributed by atoms with Crippen LogP contribution in [-0.2, 0) is 0 Å². The first kappa shape index (κ1) is 24.4. The van der Waals surface area contributed by atoms with Crippen LogP contribution in [0.3, 0.4) is 0 Å². The summed E-state index contributed by atoms with van der Waals surface area (Å²) in [4.78, 5) is 17.4. The molecule has 0 atom stereocenters. The third-order valence-corrected chi connectivity index (χ3v) is 5.50. The zero-order valence-corrected chi connectivity index (χ0v) is 19.5. The van der Waals surface area contributed by atoms with Crippen LogP contribution in [0, 0.1) is 0 Å². The Kier molecular flexibility index (Phi) is 9.49. The maximum atomic E-state index is 12.8. The molecule has 0 saturated carbocycles. The number of nitrogens with zero attached hydrogens (tertiary/aromatic N) is 1. The average molecular weight is 442 g/mol. The molecule has 0 aliphatic rings. The molecule has 0 fully saturated rings. The lowest BCUT2D eigenvalue weighted by atomic mass is 10.1. The van der Waals surface area contributed by atoms with Crippen LogP contribution in [-0.4, -0.2) is 36.3 Å². The number of amides is 1. The van der Waals surface area contributed by atoms with Crippen LogP contribution in [0.1, 0.15) is 49.0 Å². The largest absolute Gasteiger partial charge is 0.497 e. The summed E-state index contributed by atoms with van der Waals surface area (Å²) < 4.78 is 5.22. The topological polar surface area (TPSA) is 83.5 Å². The molecule has 3 aromatic rings. The summed E-state index contributed by atoms with van der Waals surface area (Å²) in [5, 5.41) is 18.2. The fourth-order valence-electron chi connectivity index (χ4n) is 2.79. The number of aromatic nitrogens is 1. The summed E-state index contributed by atoms with van der Waals surface area (Å²) in [7, 11) is 1.57. The van der Waals surface area contributed by atoms with E-state index in [-0.39, 0.29) is 12.5 Å². The maximum absolute atomic E-state index is 12.8. The van der Waals surface area contributed by atoms with Crippen molar-refractivity contribution in [2.45, 2.75) is 33.6 Å². The lowest BCUT2D eigenvalue weighted by molar-refractivity contribution is 0.102. The number of thiazole rings is 1. The second-order valence-corrected chi connectivity index (χ2v) is 7.71. The van der Waals surface area contributed by atoms with Crippen LogP contribution in [0.4, 0.5) is 11.4 Å². The molecule has 0 unspecified atom stereocenters. The van der Waals surface area contributed by atoms with Gasteiger partial charge in [0, 0.05) is 35.2 Å². The van der Waals surface area contributed by atoms with Gasteiger partial charge < -0.3 is 20.5 Å². The number of rotatable bonds is 8. The molecule has 166 valence electrons. The van der Waals surface area contributed by atoms with Crippen LogP contribution in [0.15, 0.2) is 47.8 Å². The van der Waals surface area contributed by atoms with E-state index in [0.29, 0.717) is 35.2 Å². The van der Waals surface area contributed by atoms with Crippen LogP contribution in [0.5, 0.6) is 5.75 Å². The first-order valence-electron chi connectivity index (χ1n) is 10.4. The number of nitrogens with one attached hydrogen (secondary N) is 2. The van der Waals surface area contributed by atoms with Crippen LogP contribution < -0.4 is 15.4 Å². The molecule has 3 rings (SSSR count). The van der Waals surface area contributed by atoms with Gasteiger partial charge in [-0.2, -0.15) is 0 Å². The Morgan fingerprint density at radius 2 is 1.87 bits per heavy atom. The second-order valence-electron chi connectivity index (χ2n) is 6.82. The van der Waals surface area contributed by atoms with Crippen molar-refractivity contribution in [2.24, 2.45) is 0 Å². The number of aliphatic hydroxyl groups is 1. The zero-order chi connectivity index (χ0) is 22.8. The Hall–Kier alpha value is -2.90. The van der Waals surface area contributed by atoms with Crippen LogP contribution in [0.25, 0.3) is 11.3 Å². The fourth-order valence-corrected chi connectivity index (χ4v) is 3.64. The lowest BCUT2D eigenvalue weighted by Crippen LogP contribution is -2.16. The van der Waals surface area contributed by atoms with Gasteiger partial charge >= 0.3 is 0 Å². The summed E-state index contributed by atoms with van der Waals surface area (Å²) in [5.41, 5.74) is 3.74. The molecule has 1 heterocycles. The fraction of sp³-hybridized carbons (Fsp3) is 0.333. The predicted octanol–water partition coefficient (Wildman–Crippen LogP) is 5.62. The highest BCUT2D eigenvalue weighted by atomic mass is 32.1. The highest BCUT2D eigenvalue weighted by molar-refractivity contribution is 7.10. The van der Waals surface area contributed by atoms with Crippen molar-refractivity contribution in [1.82, 2.24) is 4.98 Å². The minimum atomic E-state index is -0.239. The number of anilines is 2. The minimum Gasteiger partial charge on any atom is -0.497 e. The molecular weight excluding hydrogens is 410 g/mol. The summed E-state index contributed by atoms with van der Waals surface area (Å²) in [6.45, 7) is 8.57. The number of ether oxygens (including phenoxy) is 1. The molecule has 0 aliphatic heterocycles. The van der Waals surface area contributed by atoms with E-state index >= 15 is 0 Å². The number of carbonyl (C=O) groups excluding carboxylic acids is 1. The van der Waals surface area contributed by atoms with E-state index < -0.39 is 0 Å². The Morgan fingerprint density at radius 1 is 1.16 bits per heavy atom. The van der Waals surface area contributed by atoms with E-state index in [1.54, 1.807) is 36.6 Å². The lowest BCUT2D eigenvalue weighted by Gasteiger charge is -2.13. The highest BCUT2D eigenvalue weighted by Gasteiger charge is 2.13. The van der Waals surface area contributed by atoms with Crippen molar-refractivity contribution >= 4 is 28.6 Å². The van der Waals surface area contributed by atoms with Gasteiger partial charge in [0.1, 0.15) is 5.75 Å². The summed E-state index contributed by atoms with van der Waals surface area (Å²) >= 11 is 1.66. The van der Waals surface area contributed by atoms with Crippen molar-refractivity contribution < 1.29 is 14.6 Å². The molecule has 1 aromatic heterocycles. The third-order valence-electron chi connectivity index (χ3n) is 4.35. The normalized spacial score (nSPS) is 10.3. The molecule has 0 bridgehead atoms. The molecule has 2 aromatic carbocycles. The van der Waals surface area contributed by atoms with Crippen molar-refractivity contribution in [1.29, 1.82) is 0 Å². The summed E-state index contributed by atoms with van der Waals surface area (Å²) in [6.07, 6.45) is 0. The third kappa shape index (κ3) is 6.54. The standard InChI is InChI=1S/C22H25N3O3S.C2H6/c1-14(2)22-25-20(13-29-22)15-4-6-16(7-5-15)24-21(27)18-9-8-17(28-3)12-19(18)23-10-11-26;1-2/h4-9,12-14,23,26H,10-11H2,1-3H3,(H,24,27);1-2H3. The van der Waals surface area contributed by atoms with Gasteiger partial charge in [0.15, 0.2) is 0 Å². The van der Waals surface area contributed by atoms with Crippen molar-refractivity contribution in [3.63, 3.8) is 0 Å². The molecule has 0 radical (unpaired) electrons. The molecule has 1 amide bonds. The highest BCUT2D eigenvalue weighted by Crippen LogP contribution is 2.28. The minimum absolute atomic E-state index is 0.0329. The number of hydrogen-bond donors (Lipinski definition) is 3. The first-order chi connectivity index (χ1) is 15.0. The molecule has 7 heteroatoms. The Balaban J connectivity index is 0.00000166. The summed E-state index contributed by atoms with van der Waals surface area (Å²) in [5.74, 6) is 0.803. The number of benzene rings is 2. The molecule has 0 saturated heterocycles. The number of methoxy groups -OCH3 is 1. The molecule has 31 heavy (non-hydrogen) atoms. The van der Waals surface area contributed by atoms with Gasteiger partial charge in [-0.25, -0.2) is 4.98 Å². The van der Waals surface area contributed by atoms with E-state index in [9.17, 15) is 4.79 Å². The van der Waals surface area contributed by atoms with Crippen LogP contribution >= 0.6 is 11.3 Å². The van der Waals surface area contributed by atoms with E-state index in [4.69, 9.17) is 9.84 Å². The Bertz CT molecular complexity index is 968. The quantitative estimate of drug-likeness (QED) is 0.422. The van der Waals surface area contributed by atoms with Gasteiger partial charge in [-0.3, -0.25) is 4.79 Å². The monoisotopic (exact) mass is 441 g/mol. The first-order valence-corrected chi connectivity index (χ1v) is 11.3. The SMILES string of the molecule is CC.COc1ccc(C(=O)Nc2ccc(-c3csc(C(C)C)n3)cc2)c(NCCO)c1. The van der Waals surface area contributed by atoms with Crippen LogP contribution in [0.2, 0.25) is 0 Å². The molecule has 0 spiro atoms. The number of aliphatic hydroxyl groups excluding tert-OH is 1. The Morgan fingerprint density at radius 3 is 2.45 bits per heavy atom. The zero-order valence-electron chi connectivity index (χ0n) is 18.7. The van der Waals surface area contributed by atoms with Gasteiger partial charge in [-0.15, -0.1) is 11.3 Å². The molecule has 0 aliphatic carbocycles. The van der Waals surface area contributed by atoms with Gasteiger partial charge in [0.05, 0.1) is 35.7 Å². The molecule has 3 N–H and O–H groups in total. The smallest absolute Gasteiger partial charge is 0.257 e. The van der Waals surface area contributed by atoms with Crippen molar-refractivity contribution in [3.8, 4) is 17.0 Å². The second kappa shape index (κ2) is 12.1. The van der Waals surface area contributed by atoms with Gasteiger partial charge in [0.2, 0.25) is 0 Å². The van der Waals surface area contributed by atoms with Gasteiger partial charge in [0.25, 0.3) is 5.91 Å². The van der Waals surface area contributed by atoms with Gasteiger partial charge in [-0.1, -0.05) is 39.8 Å². The molecule has 6 nitrogen and oxygen atoms in total. The van der Waals surface area contributed by atoms with E-state index in [2.05, 4.69) is 34.8 Å². The van der Waals surface area contributed by atoms with E-state index in [0.717, 1.165) is 16.3 Å². The predicted molar refractivity (Wildman–Crippen MR) is 130 cm³/mol. The summed E-state index contributed by atoms with van der Waals surface area (Å²) in [6, 6.07) is 12.8. The average Bonchev–Trinajstić information content (AvgIpc) is 3.30.